The number of fused-ring (bicyclic) bond motifs is 1. The summed E-state index contributed by atoms with van der Waals surface area (Å²) in [6.07, 6.45) is -2.94. The highest BCUT2D eigenvalue weighted by Crippen LogP contribution is 2.32. The van der Waals surface area contributed by atoms with Crippen LogP contribution in [0.4, 0.5) is 13.2 Å². The first kappa shape index (κ1) is 10.9. The monoisotopic (exact) mass is 232 g/mol. The Bertz CT molecular complexity index is 357. The minimum absolute atomic E-state index is 0.378. The molecular weight excluding hydrogens is 221 g/mol. The van der Waals surface area contributed by atoms with Crippen LogP contribution in [-0.2, 0) is 12.8 Å². The molecule has 0 aliphatic carbocycles. The maximum absolute atomic E-state index is 12.2. The molecule has 0 amide bonds. The van der Waals surface area contributed by atoms with Crippen LogP contribution in [0.1, 0.15) is 17.5 Å². The van der Waals surface area contributed by atoms with Crippen molar-refractivity contribution in [3.63, 3.8) is 0 Å². The van der Waals surface area contributed by atoms with E-state index in [1.54, 1.807) is 23.9 Å². The van der Waals surface area contributed by atoms with E-state index < -0.39 is 12.6 Å². The van der Waals surface area contributed by atoms with Gasteiger partial charge in [0.1, 0.15) is 0 Å². The van der Waals surface area contributed by atoms with Crippen LogP contribution in [0.2, 0.25) is 0 Å². The van der Waals surface area contributed by atoms with E-state index in [9.17, 15) is 13.2 Å². The maximum Gasteiger partial charge on any atom is 0.393 e. The Balaban J connectivity index is 2.21. The van der Waals surface area contributed by atoms with E-state index in [0.29, 0.717) is 5.56 Å². The van der Waals surface area contributed by atoms with Gasteiger partial charge in [-0.05, 0) is 35.8 Å². The predicted molar refractivity (Wildman–Crippen MR) is 55.2 cm³/mol. The topological polar surface area (TPSA) is 0 Å². The number of thioether (sulfide) groups is 1. The second kappa shape index (κ2) is 4.08. The number of rotatable bonds is 1. The van der Waals surface area contributed by atoms with Crippen molar-refractivity contribution in [2.45, 2.75) is 30.3 Å². The van der Waals surface area contributed by atoms with Crippen LogP contribution in [0, 0.1) is 0 Å². The molecule has 0 fully saturated rings. The van der Waals surface area contributed by atoms with E-state index >= 15 is 0 Å². The SMILES string of the molecule is FC(F)(F)Cc1ccc2c(c1)CCCS2. The minimum Gasteiger partial charge on any atom is -0.171 e. The summed E-state index contributed by atoms with van der Waals surface area (Å²) in [7, 11) is 0. The summed E-state index contributed by atoms with van der Waals surface area (Å²) < 4.78 is 36.5. The molecule has 0 saturated heterocycles. The first-order valence-corrected chi connectivity index (χ1v) is 5.84. The van der Waals surface area contributed by atoms with Gasteiger partial charge in [0.25, 0.3) is 0 Å². The molecule has 0 bridgehead atoms. The standard InChI is InChI=1S/C11H11F3S/c12-11(13,14)7-8-3-4-10-9(6-8)2-1-5-15-10/h3-4,6H,1-2,5,7H2. The largest absolute Gasteiger partial charge is 0.393 e. The van der Waals surface area contributed by atoms with Crippen molar-refractivity contribution in [3.05, 3.63) is 29.3 Å². The van der Waals surface area contributed by atoms with Crippen LogP contribution < -0.4 is 0 Å². The fourth-order valence-electron chi connectivity index (χ4n) is 1.76. The van der Waals surface area contributed by atoms with Crippen molar-refractivity contribution in [1.29, 1.82) is 0 Å². The number of hydrogen-bond acceptors (Lipinski definition) is 1. The number of alkyl halides is 3. The van der Waals surface area contributed by atoms with E-state index in [-0.39, 0.29) is 0 Å². The maximum atomic E-state index is 12.2. The van der Waals surface area contributed by atoms with Gasteiger partial charge in [0.05, 0.1) is 6.42 Å². The Labute approximate surface area is 90.9 Å². The first-order chi connectivity index (χ1) is 7.04. The average Bonchev–Trinajstić information content (AvgIpc) is 2.15. The van der Waals surface area contributed by atoms with Crippen molar-refractivity contribution in [1.82, 2.24) is 0 Å². The van der Waals surface area contributed by atoms with E-state index in [4.69, 9.17) is 0 Å². The van der Waals surface area contributed by atoms with Gasteiger partial charge < -0.3 is 0 Å². The fraction of sp³-hybridized carbons (Fsp3) is 0.455. The van der Waals surface area contributed by atoms with Crippen LogP contribution in [0.15, 0.2) is 23.1 Å². The average molecular weight is 232 g/mol. The molecule has 0 aromatic heterocycles. The highest BCUT2D eigenvalue weighted by atomic mass is 32.2. The van der Waals surface area contributed by atoms with Gasteiger partial charge >= 0.3 is 6.18 Å². The summed E-state index contributed by atoms with van der Waals surface area (Å²) in [6.45, 7) is 0. The second-order valence-electron chi connectivity index (χ2n) is 3.69. The third-order valence-electron chi connectivity index (χ3n) is 2.38. The lowest BCUT2D eigenvalue weighted by atomic mass is 10.0. The quantitative estimate of drug-likeness (QED) is 0.709. The molecule has 1 aromatic carbocycles. The van der Waals surface area contributed by atoms with Crippen LogP contribution in [0.25, 0.3) is 0 Å². The van der Waals surface area contributed by atoms with Gasteiger partial charge in [0, 0.05) is 4.90 Å². The van der Waals surface area contributed by atoms with Gasteiger partial charge in [-0.1, -0.05) is 12.1 Å². The molecule has 0 N–H and O–H groups in total. The van der Waals surface area contributed by atoms with E-state index in [1.165, 1.54) is 0 Å². The number of benzene rings is 1. The van der Waals surface area contributed by atoms with Crippen LogP contribution in [0.5, 0.6) is 0 Å². The summed E-state index contributed by atoms with van der Waals surface area (Å²) in [6, 6.07) is 5.11. The van der Waals surface area contributed by atoms with E-state index in [1.807, 2.05) is 6.07 Å². The molecule has 1 aliphatic rings. The molecule has 82 valence electrons. The zero-order valence-electron chi connectivity index (χ0n) is 8.10. The van der Waals surface area contributed by atoms with E-state index in [2.05, 4.69) is 0 Å². The van der Waals surface area contributed by atoms with Gasteiger partial charge in [-0.2, -0.15) is 13.2 Å². The third-order valence-corrected chi connectivity index (χ3v) is 3.58. The first-order valence-electron chi connectivity index (χ1n) is 4.86. The minimum atomic E-state index is -4.10. The van der Waals surface area contributed by atoms with Crippen LogP contribution in [0.3, 0.4) is 0 Å². The highest BCUT2D eigenvalue weighted by molar-refractivity contribution is 7.99. The fourth-order valence-corrected chi connectivity index (χ4v) is 2.77. The van der Waals surface area contributed by atoms with Crippen molar-refractivity contribution in [2.75, 3.05) is 5.75 Å². The molecule has 0 radical (unpaired) electrons. The van der Waals surface area contributed by atoms with Crippen LogP contribution >= 0.6 is 11.8 Å². The smallest absolute Gasteiger partial charge is 0.171 e. The molecule has 0 spiro atoms. The Morgan fingerprint density at radius 2 is 2.07 bits per heavy atom. The molecule has 2 rings (SSSR count). The summed E-state index contributed by atoms with van der Waals surface area (Å²) in [5, 5.41) is 0. The zero-order valence-corrected chi connectivity index (χ0v) is 8.92. The lowest BCUT2D eigenvalue weighted by molar-refractivity contribution is -0.127. The lowest BCUT2D eigenvalue weighted by Gasteiger charge is -2.16. The molecule has 1 aromatic rings. The number of halogens is 3. The molecule has 1 aliphatic heterocycles. The molecule has 0 atom stereocenters. The predicted octanol–water partition coefficient (Wildman–Crippen LogP) is 3.83. The normalized spacial score (nSPS) is 16.2. The third kappa shape index (κ3) is 2.91. The zero-order chi connectivity index (χ0) is 10.9. The van der Waals surface area contributed by atoms with Gasteiger partial charge in [-0.15, -0.1) is 11.8 Å². The molecule has 4 heteroatoms. The molecule has 15 heavy (non-hydrogen) atoms. The van der Waals surface area contributed by atoms with Gasteiger partial charge in [-0.3, -0.25) is 0 Å². The Morgan fingerprint density at radius 1 is 1.27 bits per heavy atom. The second-order valence-corrected chi connectivity index (χ2v) is 4.82. The molecule has 0 nitrogen and oxygen atoms in total. The summed E-state index contributed by atoms with van der Waals surface area (Å²) in [5.74, 6) is 1.08. The van der Waals surface area contributed by atoms with Crippen molar-refractivity contribution >= 4 is 11.8 Å². The van der Waals surface area contributed by atoms with Gasteiger partial charge in [-0.25, -0.2) is 0 Å². The molecule has 0 unspecified atom stereocenters. The summed E-state index contributed by atoms with van der Waals surface area (Å²) >= 11 is 1.73. The Hall–Kier alpha value is -0.640. The van der Waals surface area contributed by atoms with Crippen LogP contribution in [-0.4, -0.2) is 11.9 Å². The van der Waals surface area contributed by atoms with E-state index in [0.717, 1.165) is 29.1 Å². The van der Waals surface area contributed by atoms with Crippen molar-refractivity contribution < 1.29 is 13.2 Å². The molecule has 0 saturated carbocycles. The Kier molecular flexibility index (Phi) is 2.96. The van der Waals surface area contributed by atoms with Crippen molar-refractivity contribution in [3.8, 4) is 0 Å². The summed E-state index contributed by atoms with van der Waals surface area (Å²) in [4.78, 5) is 1.15. The van der Waals surface area contributed by atoms with Gasteiger partial charge in [0.15, 0.2) is 0 Å². The van der Waals surface area contributed by atoms with Gasteiger partial charge in [0.2, 0.25) is 0 Å². The lowest BCUT2D eigenvalue weighted by Crippen LogP contribution is -2.12. The highest BCUT2D eigenvalue weighted by Gasteiger charge is 2.27. The number of aryl methyl sites for hydroxylation is 1. The summed E-state index contributed by atoms with van der Waals surface area (Å²) in [5.41, 5.74) is 1.46. The molecular formula is C11H11F3S. The number of hydrogen-bond donors (Lipinski definition) is 0. The Morgan fingerprint density at radius 3 is 2.80 bits per heavy atom. The van der Waals surface area contributed by atoms with Crippen molar-refractivity contribution in [2.24, 2.45) is 0 Å². The molecule has 1 heterocycles.